The molecule has 5 nitrogen and oxygen atoms in total. The highest BCUT2D eigenvalue weighted by molar-refractivity contribution is 7.71. The van der Waals surface area contributed by atoms with Crippen LogP contribution in [0.1, 0.15) is 6.42 Å². The lowest BCUT2D eigenvalue weighted by Crippen LogP contribution is -2.25. The van der Waals surface area contributed by atoms with E-state index in [0.717, 1.165) is 0 Å². The van der Waals surface area contributed by atoms with Crippen LogP contribution in [0.2, 0.25) is 0 Å². The fraction of sp³-hybridized carbons (Fsp3) is 0.571. The van der Waals surface area contributed by atoms with Gasteiger partial charge in [-0.2, -0.15) is 4.98 Å². The molecule has 1 unspecified atom stereocenters. The molecule has 76 valence electrons. The lowest BCUT2D eigenvalue weighted by molar-refractivity contribution is -0.117. The van der Waals surface area contributed by atoms with Gasteiger partial charge in [0.1, 0.15) is 0 Å². The Bertz CT molecular complexity index is 400. The maximum absolute atomic E-state index is 11.5. The molecule has 14 heavy (non-hydrogen) atoms. The van der Waals surface area contributed by atoms with Gasteiger partial charge in [0.15, 0.2) is 0 Å². The van der Waals surface area contributed by atoms with Gasteiger partial charge < -0.3 is 0 Å². The van der Waals surface area contributed by atoms with E-state index < -0.39 is 0 Å². The highest BCUT2D eigenvalue weighted by atomic mass is 35.5. The predicted molar refractivity (Wildman–Crippen MR) is 55.0 cm³/mol. The van der Waals surface area contributed by atoms with Crippen LogP contribution in [0.15, 0.2) is 0 Å². The van der Waals surface area contributed by atoms with Crippen molar-refractivity contribution in [3.05, 3.63) is 4.77 Å². The second-order valence-corrected chi connectivity index (χ2v) is 3.91. The van der Waals surface area contributed by atoms with Crippen molar-refractivity contribution in [1.29, 1.82) is 0 Å². The van der Waals surface area contributed by atoms with Crippen molar-refractivity contribution in [2.75, 3.05) is 17.3 Å². The Balaban J connectivity index is 2.20. The first kappa shape index (κ1) is 9.67. The smallest absolute Gasteiger partial charge is 0.229 e. The molecule has 0 radical (unpaired) electrons. The Hall–Kier alpha value is -0.880. The Morgan fingerprint density at radius 3 is 2.93 bits per heavy atom. The molecule has 1 amide bonds. The molecule has 0 spiro atoms. The van der Waals surface area contributed by atoms with Gasteiger partial charge in [0.25, 0.3) is 0 Å². The van der Waals surface area contributed by atoms with Gasteiger partial charge in [0.2, 0.25) is 16.6 Å². The third-order valence-corrected chi connectivity index (χ3v) is 2.80. The molecule has 0 saturated carbocycles. The number of nitrogens with one attached hydrogen (secondary N) is 2. The molecule has 1 aliphatic rings. The van der Waals surface area contributed by atoms with Gasteiger partial charge >= 0.3 is 0 Å². The SMILES string of the molecule is O=C1CC(CCl)CN1c1nc(=S)[nH][nH]1. The number of H-pyrrole nitrogens is 2. The number of amides is 1. The zero-order valence-electron chi connectivity index (χ0n) is 7.29. The number of nitrogens with zero attached hydrogens (tertiary/aromatic N) is 2. The number of aromatic amines is 2. The Morgan fingerprint density at radius 2 is 2.43 bits per heavy atom. The summed E-state index contributed by atoms with van der Waals surface area (Å²) in [4.78, 5) is 17.1. The van der Waals surface area contributed by atoms with Crippen molar-refractivity contribution in [1.82, 2.24) is 15.2 Å². The standard InChI is InChI=1S/C7H9ClN4OS/c8-2-4-1-5(13)12(3-4)6-9-7(14)11-10-6/h4H,1-3H2,(H2,9,10,11,14). The van der Waals surface area contributed by atoms with E-state index in [2.05, 4.69) is 15.2 Å². The van der Waals surface area contributed by atoms with Crippen molar-refractivity contribution in [3.8, 4) is 0 Å². The molecule has 1 aromatic heterocycles. The number of anilines is 1. The molecule has 0 aromatic carbocycles. The van der Waals surface area contributed by atoms with Gasteiger partial charge in [0.05, 0.1) is 0 Å². The third-order valence-electron chi connectivity index (χ3n) is 2.17. The molecule has 1 fully saturated rings. The number of carbonyl (C=O) groups is 1. The van der Waals surface area contributed by atoms with E-state index in [1.54, 1.807) is 4.90 Å². The number of rotatable bonds is 2. The third kappa shape index (κ3) is 1.67. The number of carbonyl (C=O) groups excluding carboxylic acids is 1. The van der Waals surface area contributed by atoms with Gasteiger partial charge in [0, 0.05) is 18.8 Å². The minimum atomic E-state index is 0.0356. The summed E-state index contributed by atoms with van der Waals surface area (Å²) in [5, 5.41) is 5.39. The van der Waals surface area contributed by atoms with Crippen molar-refractivity contribution in [2.45, 2.75) is 6.42 Å². The average molecular weight is 233 g/mol. The van der Waals surface area contributed by atoms with Crippen LogP contribution in [-0.2, 0) is 4.79 Å². The topological polar surface area (TPSA) is 64.8 Å². The van der Waals surface area contributed by atoms with Crippen molar-refractivity contribution >= 4 is 35.7 Å². The van der Waals surface area contributed by atoms with E-state index in [0.29, 0.717) is 29.6 Å². The summed E-state index contributed by atoms with van der Waals surface area (Å²) in [5.74, 6) is 1.22. The Morgan fingerprint density at radius 1 is 1.64 bits per heavy atom. The molecule has 1 aromatic rings. The largest absolute Gasteiger partial charge is 0.281 e. The first-order valence-electron chi connectivity index (χ1n) is 4.21. The lowest BCUT2D eigenvalue weighted by atomic mass is 10.2. The van der Waals surface area contributed by atoms with Crippen LogP contribution in [0, 0.1) is 10.7 Å². The van der Waals surface area contributed by atoms with E-state index in [-0.39, 0.29) is 11.8 Å². The quantitative estimate of drug-likeness (QED) is 0.592. The van der Waals surface area contributed by atoms with Gasteiger partial charge in [-0.1, -0.05) is 0 Å². The fourth-order valence-corrected chi connectivity index (χ4v) is 1.82. The number of alkyl halides is 1. The molecule has 2 rings (SSSR count). The zero-order valence-corrected chi connectivity index (χ0v) is 8.86. The van der Waals surface area contributed by atoms with E-state index in [1.807, 2.05) is 0 Å². The summed E-state index contributed by atoms with van der Waals surface area (Å²) >= 11 is 10.5. The van der Waals surface area contributed by atoms with Crippen molar-refractivity contribution in [3.63, 3.8) is 0 Å². The van der Waals surface area contributed by atoms with Crippen LogP contribution in [-0.4, -0.2) is 33.5 Å². The molecule has 0 bridgehead atoms. The first-order valence-corrected chi connectivity index (χ1v) is 5.16. The highest BCUT2D eigenvalue weighted by Gasteiger charge is 2.31. The van der Waals surface area contributed by atoms with E-state index in [4.69, 9.17) is 23.8 Å². The summed E-state index contributed by atoms with van der Waals surface area (Å²) < 4.78 is 0.349. The van der Waals surface area contributed by atoms with Crippen LogP contribution in [0.3, 0.4) is 0 Å². The van der Waals surface area contributed by atoms with Crippen LogP contribution < -0.4 is 4.90 Å². The molecule has 7 heteroatoms. The molecule has 0 aliphatic carbocycles. The van der Waals surface area contributed by atoms with Crippen molar-refractivity contribution in [2.24, 2.45) is 5.92 Å². The monoisotopic (exact) mass is 232 g/mol. The zero-order chi connectivity index (χ0) is 10.1. The molecule has 2 N–H and O–H groups in total. The van der Waals surface area contributed by atoms with Gasteiger partial charge in [-0.05, 0) is 18.1 Å². The van der Waals surface area contributed by atoms with Gasteiger partial charge in [-0.3, -0.25) is 19.9 Å². The molecule has 1 saturated heterocycles. The number of aromatic nitrogens is 3. The van der Waals surface area contributed by atoms with E-state index in [1.165, 1.54) is 0 Å². The second kappa shape index (κ2) is 3.70. The number of halogens is 1. The minimum absolute atomic E-state index is 0.0356. The normalized spacial score (nSPS) is 21.9. The molecule has 1 atom stereocenters. The Labute approximate surface area is 90.5 Å². The van der Waals surface area contributed by atoms with Crippen LogP contribution in [0.25, 0.3) is 0 Å². The van der Waals surface area contributed by atoms with E-state index >= 15 is 0 Å². The molecular weight excluding hydrogens is 224 g/mol. The number of hydrogen-bond donors (Lipinski definition) is 2. The molecular formula is C7H9ClN4OS. The number of hydrogen-bond acceptors (Lipinski definition) is 3. The summed E-state index contributed by atoms with van der Waals surface area (Å²) in [5.41, 5.74) is 0. The summed E-state index contributed by atoms with van der Waals surface area (Å²) in [6.45, 7) is 0.610. The maximum atomic E-state index is 11.5. The maximum Gasteiger partial charge on any atom is 0.229 e. The first-order chi connectivity index (χ1) is 6.70. The highest BCUT2D eigenvalue weighted by Crippen LogP contribution is 2.22. The minimum Gasteiger partial charge on any atom is -0.281 e. The van der Waals surface area contributed by atoms with Gasteiger partial charge in [-0.15, -0.1) is 11.6 Å². The predicted octanol–water partition coefficient (Wildman–Crippen LogP) is 1.06. The van der Waals surface area contributed by atoms with E-state index in [9.17, 15) is 4.79 Å². The second-order valence-electron chi connectivity index (χ2n) is 3.22. The molecule has 1 aliphatic heterocycles. The van der Waals surface area contributed by atoms with Crippen molar-refractivity contribution < 1.29 is 4.79 Å². The van der Waals surface area contributed by atoms with Crippen LogP contribution in [0.4, 0.5) is 5.95 Å². The molecule has 2 heterocycles. The Kier molecular flexibility index (Phi) is 2.56. The lowest BCUT2D eigenvalue weighted by Gasteiger charge is -2.11. The summed E-state index contributed by atoms with van der Waals surface area (Å²) in [6, 6.07) is 0. The van der Waals surface area contributed by atoms with Gasteiger partial charge in [-0.25, -0.2) is 0 Å². The average Bonchev–Trinajstić information content (AvgIpc) is 2.71. The summed E-state index contributed by atoms with van der Waals surface area (Å²) in [7, 11) is 0. The van der Waals surface area contributed by atoms with Crippen LogP contribution in [0.5, 0.6) is 0 Å². The summed E-state index contributed by atoms with van der Waals surface area (Å²) in [6.07, 6.45) is 0.483. The van der Waals surface area contributed by atoms with Crippen LogP contribution >= 0.6 is 23.8 Å². The fourth-order valence-electron chi connectivity index (χ4n) is 1.48.